The Labute approximate surface area is 117 Å². The van der Waals surface area contributed by atoms with Crippen LogP contribution in [0.3, 0.4) is 0 Å². The monoisotopic (exact) mass is 284 g/mol. The van der Waals surface area contributed by atoms with Crippen LogP contribution < -0.4 is 0 Å². The summed E-state index contributed by atoms with van der Waals surface area (Å²) >= 11 is 1.57. The van der Waals surface area contributed by atoms with Crippen molar-refractivity contribution in [3.63, 3.8) is 0 Å². The highest BCUT2D eigenvalue weighted by molar-refractivity contribution is 7.09. The van der Waals surface area contributed by atoms with Crippen LogP contribution >= 0.6 is 11.3 Å². The molecular weight excluding hydrogens is 264 g/mol. The number of aryl methyl sites for hydroxylation is 1. The topological polar surface area (TPSA) is 63.6 Å². The first-order valence-electron chi connectivity index (χ1n) is 6.49. The summed E-state index contributed by atoms with van der Waals surface area (Å²) in [6, 6.07) is 3.88. The molecule has 1 aromatic rings. The lowest BCUT2D eigenvalue weighted by atomic mass is 9.79. The van der Waals surface area contributed by atoms with Gasteiger partial charge in [-0.3, -0.25) is 9.59 Å². The largest absolute Gasteiger partial charge is 0.480 e. The predicted molar refractivity (Wildman–Crippen MR) is 74.2 cm³/mol. The third-order valence-electron chi connectivity index (χ3n) is 3.13. The Morgan fingerprint density at radius 3 is 2.58 bits per heavy atom. The molecule has 0 saturated carbocycles. The van der Waals surface area contributed by atoms with E-state index in [4.69, 9.17) is 4.74 Å². The van der Waals surface area contributed by atoms with E-state index >= 15 is 0 Å². The summed E-state index contributed by atoms with van der Waals surface area (Å²) in [5.41, 5.74) is -1.41. The van der Waals surface area contributed by atoms with Gasteiger partial charge in [0.2, 0.25) is 0 Å². The second-order valence-electron chi connectivity index (χ2n) is 4.44. The smallest absolute Gasteiger partial charge is 0.323 e. The van der Waals surface area contributed by atoms with E-state index in [2.05, 4.69) is 0 Å². The SMILES string of the molecule is CCCC(CCc1cccs1)(C(=O)O)C(=O)OCC. The molecule has 0 aromatic carbocycles. The summed E-state index contributed by atoms with van der Waals surface area (Å²) in [5, 5.41) is 11.4. The minimum absolute atomic E-state index is 0.205. The van der Waals surface area contributed by atoms with E-state index in [-0.39, 0.29) is 13.0 Å². The summed E-state index contributed by atoms with van der Waals surface area (Å²) in [5.74, 6) is -1.69. The average Bonchev–Trinajstić information content (AvgIpc) is 2.87. The molecule has 1 atom stereocenters. The fraction of sp³-hybridized carbons (Fsp3) is 0.571. The normalized spacial score (nSPS) is 13.8. The number of carbonyl (C=O) groups excluding carboxylic acids is 1. The number of carboxylic acid groups (broad SMARTS) is 1. The Morgan fingerprint density at radius 2 is 2.11 bits per heavy atom. The lowest BCUT2D eigenvalue weighted by molar-refractivity contribution is -0.169. The zero-order chi connectivity index (χ0) is 14.3. The van der Waals surface area contributed by atoms with Crippen molar-refractivity contribution >= 4 is 23.3 Å². The fourth-order valence-corrected chi connectivity index (χ4v) is 2.83. The van der Waals surface area contributed by atoms with Gasteiger partial charge in [-0.1, -0.05) is 19.4 Å². The number of esters is 1. The molecule has 1 aromatic heterocycles. The Morgan fingerprint density at radius 1 is 1.37 bits per heavy atom. The van der Waals surface area contributed by atoms with Crippen LogP contribution in [-0.4, -0.2) is 23.7 Å². The second-order valence-corrected chi connectivity index (χ2v) is 5.47. The van der Waals surface area contributed by atoms with Gasteiger partial charge in [0.15, 0.2) is 5.41 Å². The standard InChI is InChI=1S/C14H20O4S/c1-3-8-14(12(15)16,13(17)18-4-2)9-7-11-6-5-10-19-11/h5-6,10H,3-4,7-9H2,1-2H3,(H,15,16). The first kappa shape index (κ1) is 15.7. The van der Waals surface area contributed by atoms with Crippen LogP contribution in [0.5, 0.6) is 0 Å². The maximum absolute atomic E-state index is 12.1. The van der Waals surface area contributed by atoms with Gasteiger partial charge >= 0.3 is 11.9 Å². The molecule has 1 rings (SSSR count). The van der Waals surface area contributed by atoms with Crippen molar-refractivity contribution < 1.29 is 19.4 Å². The summed E-state index contributed by atoms with van der Waals surface area (Å²) in [6.07, 6.45) is 1.82. The lowest BCUT2D eigenvalue weighted by Gasteiger charge is -2.26. The van der Waals surface area contributed by atoms with E-state index < -0.39 is 17.4 Å². The molecule has 1 N–H and O–H groups in total. The van der Waals surface area contributed by atoms with E-state index in [9.17, 15) is 14.7 Å². The summed E-state index contributed by atoms with van der Waals surface area (Å²) in [7, 11) is 0. The molecule has 0 aliphatic carbocycles. The van der Waals surface area contributed by atoms with E-state index in [0.717, 1.165) is 4.88 Å². The fourth-order valence-electron chi connectivity index (χ4n) is 2.12. The van der Waals surface area contributed by atoms with Crippen LogP contribution in [0.15, 0.2) is 17.5 Å². The van der Waals surface area contributed by atoms with E-state index in [1.54, 1.807) is 18.3 Å². The molecule has 0 aliphatic heterocycles. The van der Waals surface area contributed by atoms with Crippen LogP contribution in [0.25, 0.3) is 0 Å². The second kappa shape index (κ2) is 7.28. The quantitative estimate of drug-likeness (QED) is 0.588. The molecule has 0 radical (unpaired) electrons. The van der Waals surface area contributed by atoms with Gasteiger partial charge in [-0.05, 0) is 37.6 Å². The Balaban J connectivity index is 2.88. The number of rotatable bonds is 8. The van der Waals surface area contributed by atoms with Crippen molar-refractivity contribution in [2.75, 3.05) is 6.61 Å². The molecule has 19 heavy (non-hydrogen) atoms. The number of carboxylic acids is 1. The van der Waals surface area contributed by atoms with Gasteiger partial charge in [-0.15, -0.1) is 11.3 Å². The number of carbonyl (C=O) groups is 2. The number of thiophene rings is 1. The van der Waals surface area contributed by atoms with Gasteiger partial charge < -0.3 is 9.84 Å². The number of aliphatic carboxylic acids is 1. The molecule has 0 bridgehead atoms. The van der Waals surface area contributed by atoms with Crippen molar-refractivity contribution in [1.82, 2.24) is 0 Å². The van der Waals surface area contributed by atoms with Crippen LogP contribution in [0.2, 0.25) is 0 Å². The molecule has 0 fully saturated rings. The van der Waals surface area contributed by atoms with Gasteiger partial charge in [-0.25, -0.2) is 0 Å². The van der Waals surface area contributed by atoms with Crippen LogP contribution in [0.1, 0.15) is 38.0 Å². The number of hydrogen-bond acceptors (Lipinski definition) is 4. The molecule has 1 unspecified atom stereocenters. The molecule has 5 heteroatoms. The van der Waals surface area contributed by atoms with E-state index in [1.165, 1.54) is 0 Å². The lowest BCUT2D eigenvalue weighted by Crippen LogP contribution is -2.41. The highest BCUT2D eigenvalue weighted by atomic mass is 32.1. The van der Waals surface area contributed by atoms with Gasteiger partial charge in [0.1, 0.15) is 0 Å². The van der Waals surface area contributed by atoms with Gasteiger partial charge in [0.05, 0.1) is 6.61 Å². The summed E-state index contributed by atoms with van der Waals surface area (Å²) < 4.78 is 4.97. The van der Waals surface area contributed by atoms with E-state index in [0.29, 0.717) is 19.3 Å². The van der Waals surface area contributed by atoms with Crippen LogP contribution in [-0.2, 0) is 20.7 Å². The molecule has 0 aliphatic rings. The van der Waals surface area contributed by atoms with Gasteiger partial charge in [0, 0.05) is 4.88 Å². The Bertz CT molecular complexity index is 413. The first-order chi connectivity index (χ1) is 9.06. The Hall–Kier alpha value is -1.36. The van der Waals surface area contributed by atoms with Crippen molar-refractivity contribution in [3.8, 4) is 0 Å². The van der Waals surface area contributed by atoms with Crippen molar-refractivity contribution in [2.24, 2.45) is 5.41 Å². The number of ether oxygens (including phenoxy) is 1. The van der Waals surface area contributed by atoms with Crippen molar-refractivity contribution in [2.45, 2.75) is 39.5 Å². The third kappa shape index (κ3) is 3.80. The molecule has 1 heterocycles. The van der Waals surface area contributed by atoms with Crippen LogP contribution in [0.4, 0.5) is 0 Å². The summed E-state index contributed by atoms with van der Waals surface area (Å²) in [6.45, 7) is 3.77. The maximum Gasteiger partial charge on any atom is 0.323 e. The summed E-state index contributed by atoms with van der Waals surface area (Å²) in [4.78, 5) is 24.7. The highest BCUT2D eigenvalue weighted by Crippen LogP contribution is 2.33. The molecule has 0 saturated heterocycles. The average molecular weight is 284 g/mol. The zero-order valence-electron chi connectivity index (χ0n) is 11.3. The van der Waals surface area contributed by atoms with Gasteiger partial charge in [-0.2, -0.15) is 0 Å². The molecule has 0 spiro atoms. The minimum Gasteiger partial charge on any atom is -0.480 e. The molecule has 4 nitrogen and oxygen atoms in total. The molecule has 106 valence electrons. The van der Waals surface area contributed by atoms with E-state index in [1.807, 2.05) is 24.4 Å². The van der Waals surface area contributed by atoms with Gasteiger partial charge in [0.25, 0.3) is 0 Å². The minimum atomic E-state index is -1.41. The Kier molecular flexibility index (Phi) is 6.02. The van der Waals surface area contributed by atoms with Crippen molar-refractivity contribution in [3.05, 3.63) is 22.4 Å². The molecular formula is C14H20O4S. The highest BCUT2D eigenvalue weighted by Gasteiger charge is 2.46. The van der Waals surface area contributed by atoms with Crippen molar-refractivity contribution in [1.29, 1.82) is 0 Å². The number of hydrogen-bond donors (Lipinski definition) is 1. The maximum atomic E-state index is 12.1. The zero-order valence-corrected chi connectivity index (χ0v) is 12.2. The first-order valence-corrected chi connectivity index (χ1v) is 7.37. The predicted octanol–water partition coefficient (Wildman–Crippen LogP) is 3.11. The van der Waals surface area contributed by atoms with Crippen LogP contribution in [0, 0.1) is 5.41 Å². The third-order valence-corrected chi connectivity index (χ3v) is 4.07. The molecule has 0 amide bonds.